The third-order valence-corrected chi connectivity index (χ3v) is 2.20. The summed E-state index contributed by atoms with van der Waals surface area (Å²) < 4.78 is 58.0. The van der Waals surface area contributed by atoms with Gasteiger partial charge in [0.1, 0.15) is 0 Å². The number of sulfonamides is 1. The van der Waals surface area contributed by atoms with Gasteiger partial charge >= 0.3 is 6.18 Å². The Morgan fingerprint density at radius 2 is 1.85 bits per heavy atom. The molecular weight excluding hydrogens is 211 g/mol. The first-order valence-corrected chi connectivity index (χ1v) is 4.76. The van der Waals surface area contributed by atoms with E-state index in [4.69, 9.17) is 0 Å². The van der Waals surface area contributed by atoms with E-state index in [0.29, 0.717) is 0 Å². The van der Waals surface area contributed by atoms with Crippen LogP contribution in [0.4, 0.5) is 13.2 Å². The highest BCUT2D eigenvalue weighted by atomic mass is 32.2. The van der Waals surface area contributed by atoms with Crippen molar-refractivity contribution in [1.29, 1.82) is 0 Å². The van der Waals surface area contributed by atoms with Crippen LogP contribution in [0.1, 0.15) is 12.8 Å². The molecule has 0 aliphatic carbocycles. The van der Waals surface area contributed by atoms with Crippen LogP contribution in [0.2, 0.25) is 0 Å². The smallest absolute Gasteiger partial charge is 0.210 e. The number of hydrogen-bond acceptors (Lipinski definition) is 3. The van der Waals surface area contributed by atoms with Crippen LogP contribution < -0.4 is 0 Å². The second-order valence-corrected chi connectivity index (χ2v) is 3.94. The van der Waals surface area contributed by atoms with Crippen molar-refractivity contribution in [1.82, 2.24) is 0 Å². The number of hydrogen-bond donors (Lipinski definition) is 0. The van der Waals surface area contributed by atoms with Crippen LogP contribution in [0.15, 0.2) is 4.40 Å². The third kappa shape index (κ3) is 7.48. The van der Waals surface area contributed by atoms with Gasteiger partial charge in [-0.3, -0.25) is 0 Å². The van der Waals surface area contributed by atoms with E-state index in [1.165, 1.54) is 0 Å². The first-order chi connectivity index (χ1) is 5.77. The standard InChI is InChI=1S/C5H6F3NO3S/c6-5(7,8)2-1-3-13(11,12)9-4-10/h1-3H2. The molecule has 4 nitrogen and oxygen atoms in total. The average Bonchev–Trinajstić information content (AvgIpc) is 1.82. The van der Waals surface area contributed by atoms with Gasteiger partial charge in [-0.1, -0.05) is 4.40 Å². The van der Waals surface area contributed by atoms with Gasteiger partial charge < -0.3 is 0 Å². The Morgan fingerprint density at radius 1 is 1.31 bits per heavy atom. The summed E-state index contributed by atoms with van der Waals surface area (Å²) in [6.45, 7) is 0. The topological polar surface area (TPSA) is 63.6 Å². The van der Waals surface area contributed by atoms with Crippen LogP contribution in [-0.4, -0.2) is 26.4 Å². The van der Waals surface area contributed by atoms with Gasteiger partial charge in [0.25, 0.3) is 16.1 Å². The second-order valence-electron chi connectivity index (χ2n) is 2.19. The van der Waals surface area contributed by atoms with Crippen LogP contribution in [0.5, 0.6) is 0 Å². The summed E-state index contributed by atoms with van der Waals surface area (Å²) in [5.41, 5.74) is 0. The minimum atomic E-state index is -4.39. The van der Waals surface area contributed by atoms with Crippen molar-refractivity contribution in [2.45, 2.75) is 19.0 Å². The van der Waals surface area contributed by atoms with Crippen molar-refractivity contribution in [3.63, 3.8) is 0 Å². The van der Waals surface area contributed by atoms with Gasteiger partial charge in [-0.15, -0.1) is 0 Å². The molecule has 0 aromatic carbocycles. The molecule has 0 heterocycles. The predicted octanol–water partition coefficient (Wildman–Crippen LogP) is 0.995. The van der Waals surface area contributed by atoms with Crippen LogP contribution >= 0.6 is 0 Å². The second kappa shape index (κ2) is 4.38. The van der Waals surface area contributed by atoms with Crippen molar-refractivity contribution in [2.24, 2.45) is 4.40 Å². The van der Waals surface area contributed by atoms with Crippen molar-refractivity contribution in [3.05, 3.63) is 0 Å². The molecule has 0 rings (SSSR count). The summed E-state index contributed by atoms with van der Waals surface area (Å²) in [5, 5.41) is 0. The molecule has 0 bridgehead atoms. The van der Waals surface area contributed by atoms with E-state index >= 15 is 0 Å². The fourth-order valence-electron chi connectivity index (χ4n) is 0.557. The lowest BCUT2D eigenvalue weighted by Crippen LogP contribution is -2.10. The van der Waals surface area contributed by atoms with Gasteiger partial charge in [-0.2, -0.15) is 13.2 Å². The average molecular weight is 217 g/mol. The molecular formula is C5H6F3NO3S. The van der Waals surface area contributed by atoms with Gasteiger partial charge in [-0.05, 0) is 6.42 Å². The van der Waals surface area contributed by atoms with E-state index < -0.39 is 34.8 Å². The molecule has 0 unspecified atom stereocenters. The summed E-state index contributed by atoms with van der Waals surface area (Å²) in [6.07, 6.45) is -5.43. The number of rotatable bonds is 4. The fourth-order valence-corrected chi connectivity index (χ4v) is 1.27. The molecule has 0 aliphatic rings. The lowest BCUT2D eigenvalue weighted by Gasteiger charge is -2.03. The molecule has 0 atom stereocenters. The first-order valence-electron chi connectivity index (χ1n) is 3.15. The molecule has 0 saturated heterocycles. The summed E-state index contributed by atoms with van der Waals surface area (Å²) in [6, 6.07) is 0. The molecule has 0 aromatic heterocycles. The molecule has 0 aliphatic heterocycles. The van der Waals surface area contributed by atoms with Gasteiger partial charge in [0.05, 0.1) is 5.75 Å². The molecule has 76 valence electrons. The minimum absolute atomic E-state index is 0.600. The largest absolute Gasteiger partial charge is 0.389 e. The molecule has 0 amide bonds. The molecule has 0 fully saturated rings. The monoisotopic (exact) mass is 217 g/mol. The molecule has 0 saturated carbocycles. The van der Waals surface area contributed by atoms with Crippen LogP contribution in [0, 0.1) is 0 Å². The summed E-state index contributed by atoms with van der Waals surface area (Å²) >= 11 is 0. The fraction of sp³-hybridized carbons (Fsp3) is 0.800. The zero-order valence-electron chi connectivity index (χ0n) is 6.34. The Hall–Kier alpha value is -0.880. The Balaban J connectivity index is 3.98. The maximum absolute atomic E-state index is 11.5. The molecule has 0 N–H and O–H groups in total. The number of isocyanates is 1. The highest BCUT2D eigenvalue weighted by Gasteiger charge is 2.27. The van der Waals surface area contributed by atoms with Crippen LogP contribution in [0.25, 0.3) is 0 Å². The maximum atomic E-state index is 11.5. The molecule has 0 spiro atoms. The van der Waals surface area contributed by atoms with E-state index in [1.807, 2.05) is 0 Å². The lowest BCUT2D eigenvalue weighted by molar-refractivity contribution is -0.134. The summed E-state index contributed by atoms with van der Waals surface area (Å²) in [7, 11) is -4.05. The zero-order valence-corrected chi connectivity index (χ0v) is 7.15. The Labute approximate surface area is 72.5 Å². The van der Waals surface area contributed by atoms with Crippen molar-refractivity contribution in [3.8, 4) is 0 Å². The predicted molar refractivity (Wildman–Crippen MR) is 37.2 cm³/mol. The Kier molecular flexibility index (Phi) is 4.09. The number of nitrogens with zero attached hydrogens (tertiary/aromatic N) is 1. The highest BCUT2D eigenvalue weighted by molar-refractivity contribution is 7.90. The van der Waals surface area contributed by atoms with Gasteiger partial charge in [-0.25, -0.2) is 13.2 Å². The van der Waals surface area contributed by atoms with E-state index in [1.54, 1.807) is 0 Å². The van der Waals surface area contributed by atoms with E-state index in [2.05, 4.69) is 4.40 Å². The number of carbonyl (C=O) groups excluding carboxylic acids is 1. The van der Waals surface area contributed by atoms with Crippen molar-refractivity contribution in [2.75, 3.05) is 5.75 Å². The SMILES string of the molecule is O=C=NS(=O)(=O)CCCC(F)(F)F. The van der Waals surface area contributed by atoms with Gasteiger partial charge in [0, 0.05) is 6.42 Å². The Bertz CT molecular complexity index is 301. The maximum Gasteiger partial charge on any atom is 0.389 e. The number of halogens is 3. The third-order valence-electron chi connectivity index (χ3n) is 1.04. The first kappa shape index (κ1) is 12.1. The molecule has 8 heteroatoms. The van der Waals surface area contributed by atoms with Gasteiger partial charge in [0.2, 0.25) is 0 Å². The zero-order chi connectivity index (χ0) is 10.5. The van der Waals surface area contributed by atoms with E-state index in [9.17, 15) is 26.4 Å². The Morgan fingerprint density at radius 3 is 2.23 bits per heavy atom. The van der Waals surface area contributed by atoms with Crippen molar-refractivity contribution >= 4 is 16.1 Å². The van der Waals surface area contributed by atoms with Crippen molar-refractivity contribution < 1.29 is 26.4 Å². The van der Waals surface area contributed by atoms with Crippen LogP contribution in [-0.2, 0) is 14.8 Å². The summed E-state index contributed by atoms with van der Waals surface area (Å²) in [4.78, 5) is 9.49. The number of alkyl halides is 3. The van der Waals surface area contributed by atoms with Crippen LogP contribution in [0.3, 0.4) is 0 Å². The molecule has 13 heavy (non-hydrogen) atoms. The van der Waals surface area contributed by atoms with E-state index in [-0.39, 0.29) is 0 Å². The van der Waals surface area contributed by atoms with Gasteiger partial charge in [0.15, 0.2) is 0 Å². The molecule has 0 aromatic rings. The quantitative estimate of drug-likeness (QED) is 0.521. The minimum Gasteiger partial charge on any atom is -0.210 e. The van der Waals surface area contributed by atoms with E-state index in [0.717, 1.165) is 6.08 Å². The summed E-state index contributed by atoms with van der Waals surface area (Å²) in [5.74, 6) is -0.790. The molecule has 0 radical (unpaired) electrons. The normalized spacial score (nSPS) is 12.2. The highest BCUT2D eigenvalue weighted by Crippen LogP contribution is 2.21. The lowest BCUT2D eigenvalue weighted by atomic mass is 10.3.